The third-order valence-corrected chi connectivity index (χ3v) is 3.44. The first-order valence-electron chi connectivity index (χ1n) is 6.21. The standard InChI is InChI=1S/C14H18BrN3O/c1-9(5-6-19-2)18-13-4-3-12(16)11-7-10(15)8-17-14(11)13/h3-4,7-9,18H,5-6,16H2,1-2H3. The molecule has 2 aromatic rings. The summed E-state index contributed by atoms with van der Waals surface area (Å²) in [5.74, 6) is 0. The van der Waals surface area contributed by atoms with Crippen molar-refractivity contribution in [3.05, 3.63) is 28.9 Å². The van der Waals surface area contributed by atoms with Crippen LogP contribution < -0.4 is 11.1 Å². The summed E-state index contributed by atoms with van der Waals surface area (Å²) in [7, 11) is 1.71. The van der Waals surface area contributed by atoms with Crippen molar-refractivity contribution in [2.45, 2.75) is 19.4 Å². The highest BCUT2D eigenvalue weighted by molar-refractivity contribution is 9.10. The van der Waals surface area contributed by atoms with Crippen LogP contribution in [0.1, 0.15) is 13.3 Å². The molecule has 0 bridgehead atoms. The lowest BCUT2D eigenvalue weighted by molar-refractivity contribution is 0.191. The lowest BCUT2D eigenvalue weighted by atomic mass is 10.1. The quantitative estimate of drug-likeness (QED) is 0.828. The predicted molar refractivity (Wildman–Crippen MR) is 83.4 cm³/mol. The summed E-state index contributed by atoms with van der Waals surface area (Å²) < 4.78 is 6.02. The van der Waals surface area contributed by atoms with E-state index in [4.69, 9.17) is 10.5 Å². The molecule has 1 atom stereocenters. The summed E-state index contributed by atoms with van der Waals surface area (Å²) in [5, 5.41) is 4.41. The number of aromatic nitrogens is 1. The van der Waals surface area contributed by atoms with E-state index >= 15 is 0 Å². The van der Waals surface area contributed by atoms with Gasteiger partial charge in [0.05, 0.1) is 11.2 Å². The minimum Gasteiger partial charge on any atom is -0.398 e. The summed E-state index contributed by atoms with van der Waals surface area (Å²) in [6, 6.07) is 6.18. The van der Waals surface area contributed by atoms with Crippen molar-refractivity contribution in [1.82, 2.24) is 4.98 Å². The van der Waals surface area contributed by atoms with Crippen molar-refractivity contribution >= 4 is 38.2 Å². The number of hydrogen-bond donors (Lipinski definition) is 2. The molecule has 1 aromatic carbocycles. The summed E-state index contributed by atoms with van der Waals surface area (Å²) in [6.45, 7) is 2.86. The van der Waals surface area contributed by atoms with Gasteiger partial charge in [0.2, 0.25) is 0 Å². The SMILES string of the molecule is COCCC(C)Nc1ccc(N)c2cc(Br)cnc12. The van der Waals surface area contributed by atoms with Crippen LogP contribution >= 0.6 is 15.9 Å². The number of ether oxygens (including phenoxy) is 1. The molecule has 5 heteroatoms. The van der Waals surface area contributed by atoms with E-state index in [1.807, 2.05) is 18.2 Å². The van der Waals surface area contributed by atoms with Crippen LogP contribution in [0.4, 0.5) is 11.4 Å². The van der Waals surface area contributed by atoms with Crippen molar-refractivity contribution in [3.8, 4) is 0 Å². The first-order chi connectivity index (χ1) is 9.11. The molecular formula is C14H18BrN3O. The number of halogens is 1. The molecule has 0 saturated heterocycles. The molecule has 2 rings (SSSR count). The first kappa shape index (κ1) is 14.1. The molecule has 0 fully saturated rings. The highest BCUT2D eigenvalue weighted by atomic mass is 79.9. The Hall–Kier alpha value is -1.33. The average molecular weight is 324 g/mol. The van der Waals surface area contributed by atoms with E-state index in [2.05, 4.69) is 33.2 Å². The average Bonchev–Trinajstić information content (AvgIpc) is 2.40. The molecular weight excluding hydrogens is 306 g/mol. The molecule has 3 N–H and O–H groups in total. The number of hydrogen-bond acceptors (Lipinski definition) is 4. The zero-order valence-electron chi connectivity index (χ0n) is 11.1. The molecule has 19 heavy (non-hydrogen) atoms. The largest absolute Gasteiger partial charge is 0.398 e. The van der Waals surface area contributed by atoms with Crippen molar-refractivity contribution in [1.29, 1.82) is 0 Å². The Morgan fingerprint density at radius 1 is 1.47 bits per heavy atom. The van der Waals surface area contributed by atoms with Gasteiger partial charge < -0.3 is 15.8 Å². The van der Waals surface area contributed by atoms with E-state index in [9.17, 15) is 0 Å². The van der Waals surface area contributed by atoms with E-state index in [0.29, 0.717) is 6.04 Å². The molecule has 0 aliphatic carbocycles. The van der Waals surface area contributed by atoms with Crippen molar-refractivity contribution in [2.75, 3.05) is 24.8 Å². The summed E-state index contributed by atoms with van der Waals surface area (Å²) in [4.78, 5) is 4.45. The van der Waals surface area contributed by atoms with Crippen LogP contribution in [0.3, 0.4) is 0 Å². The maximum Gasteiger partial charge on any atom is 0.0954 e. The molecule has 1 unspecified atom stereocenters. The normalized spacial score (nSPS) is 12.6. The Morgan fingerprint density at radius 3 is 3.00 bits per heavy atom. The lowest BCUT2D eigenvalue weighted by Gasteiger charge is -2.16. The van der Waals surface area contributed by atoms with Crippen LogP contribution in [0.25, 0.3) is 10.9 Å². The van der Waals surface area contributed by atoms with Crippen LogP contribution in [0, 0.1) is 0 Å². The Balaban J connectivity index is 2.31. The fourth-order valence-corrected chi connectivity index (χ4v) is 2.30. The van der Waals surface area contributed by atoms with Crippen molar-refractivity contribution < 1.29 is 4.74 Å². The number of rotatable bonds is 5. The smallest absolute Gasteiger partial charge is 0.0954 e. The summed E-state index contributed by atoms with van der Waals surface area (Å²) in [5.41, 5.74) is 8.63. The topological polar surface area (TPSA) is 60.2 Å². The second kappa shape index (κ2) is 6.21. The van der Waals surface area contributed by atoms with Gasteiger partial charge in [-0.25, -0.2) is 0 Å². The number of nitrogens with one attached hydrogen (secondary N) is 1. The second-order valence-corrected chi connectivity index (χ2v) is 5.49. The van der Waals surface area contributed by atoms with Crippen molar-refractivity contribution in [2.24, 2.45) is 0 Å². The molecule has 0 spiro atoms. The number of pyridine rings is 1. The number of nitrogens with two attached hydrogens (primary N) is 1. The minimum absolute atomic E-state index is 0.317. The van der Waals surface area contributed by atoms with E-state index in [1.165, 1.54) is 0 Å². The van der Waals surface area contributed by atoms with Crippen LogP contribution in [0.15, 0.2) is 28.9 Å². The van der Waals surface area contributed by atoms with Gasteiger partial charge in [0.1, 0.15) is 0 Å². The zero-order chi connectivity index (χ0) is 13.8. The van der Waals surface area contributed by atoms with E-state index in [-0.39, 0.29) is 0 Å². The van der Waals surface area contributed by atoms with E-state index in [1.54, 1.807) is 13.3 Å². The Morgan fingerprint density at radius 2 is 2.26 bits per heavy atom. The van der Waals surface area contributed by atoms with Gasteiger partial charge in [0, 0.05) is 41.5 Å². The predicted octanol–water partition coefficient (Wildman–Crippen LogP) is 3.42. The van der Waals surface area contributed by atoms with Gasteiger partial charge in [0.15, 0.2) is 0 Å². The monoisotopic (exact) mass is 323 g/mol. The number of anilines is 2. The maximum atomic E-state index is 6.00. The van der Waals surface area contributed by atoms with Gasteiger partial charge >= 0.3 is 0 Å². The molecule has 0 amide bonds. The van der Waals surface area contributed by atoms with Gasteiger partial charge in [-0.15, -0.1) is 0 Å². The fourth-order valence-electron chi connectivity index (χ4n) is 1.96. The van der Waals surface area contributed by atoms with E-state index < -0.39 is 0 Å². The van der Waals surface area contributed by atoms with Crippen LogP contribution in [0.2, 0.25) is 0 Å². The zero-order valence-corrected chi connectivity index (χ0v) is 12.7. The first-order valence-corrected chi connectivity index (χ1v) is 7.00. The Labute approximate surface area is 121 Å². The molecule has 0 saturated carbocycles. The number of fused-ring (bicyclic) bond motifs is 1. The van der Waals surface area contributed by atoms with Gasteiger partial charge in [-0.1, -0.05) is 0 Å². The van der Waals surface area contributed by atoms with Crippen LogP contribution in [-0.2, 0) is 4.74 Å². The van der Waals surface area contributed by atoms with Crippen molar-refractivity contribution in [3.63, 3.8) is 0 Å². The van der Waals surface area contributed by atoms with Gasteiger partial charge in [-0.3, -0.25) is 4.98 Å². The summed E-state index contributed by atoms with van der Waals surface area (Å²) in [6.07, 6.45) is 2.73. The molecule has 1 aromatic heterocycles. The third-order valence-electron chi connectivity index (χ3n) is 3.01. The van der Waals surface area contributed by atoms with Gasteiger partial charge in [0.25, 0.3) is 0 Å². The molecule has 4 nitrogen and oxygen atoms in total. The second-order valence-electron chi connectivity index (χ2n) is 4.58. The highest BCUT2D eigenvalue weighted by Crippen LogP contribution is 2.29. The Bertz CT molecular complexity index is 574. The third kappa shape index (κ3) is 3.36. The van der Waals surface area contributed by atoms with Gasteiger partial charge in [-0.2, -0.15) is 0 Å². The molecule has 0 aliphatic rings. The maximum absolute atomic E-state index is 6.00. The van der Waals surface area contributed by atoms with Crippen LogP contribution in [0.5, 0.6) is 0 Å². The Kier molecular flexibility index (Phi) is 4.61. The van der Waals surface area contributed by atoms with E-state index in [0.717, 1.165) is 39.8 Å². The fraction of sp³-hybridized carbons (Fsp3) is 0.357. The number of benzene rings is 1. The number of methoxy groups -OCH3 is 1. The molecule has 0 aliphatic heterocycles. The molecule has 1 heterocycles. The van der Waals surface area contributed by atoms with Gasteiger partial charge in [-0.05, 0) is 47.5 Å². The lowest BCUT2D eigenvalue weighted by Crippen LogP contribution is -2.17. The number of nitrogen functional groups attached to an aromatic ring is 1. The summed E-state index contributed by atoms with van der Waals surface area (Å²) >= 11 is 3.42. The molecule has 0 radical (unpaired) electrons. The minimum atomic E-state index is 0.317. The van der Waals surface area contributed by atoms with Crippen LogP contribution in [-0.4, -0.2) is 24.7 Å². The molecule has 102 valence electrons. The number of nitrogens with zero attached hydrogens (tertiary/aromatic N) is 1. The highest BCUT2D eigenvalue weighted by Gasteiger charge is 2.09.